The van der Waals surface area contributed by atoms with Crippen LogP contribution in [0.4, 0.5) is 5.69 Å². The number of rotatable bonds is 6. The molecule has 0 atom stereocenters. The van der Waals surface area contributed by atoms with Gasteiger partial charge in [0.1, 0.15) is 0 Å². The van der Waals surface area contributed by atoms with E-state index in [4.69, 9.17) is 5.84 Å². The van der Waals surface area contributed by atoms with Gasteiger partial charge in [-0.15, -0.1) is 0 Å². The first-order valence-corrected chi connectivity index (χ1v) is 9.57. The minimum atomic E-state index is -0.180. The van der Waals surface area contributed by atoms with Crippen molar-refractivity contribution in [3.63, 3.8) is 0 Å². The van der Waals surface area contributed by atoms with Crippen LogP contribution in [0.5, 0.6) is 0 Å². The fraction of sp³-hybridized carbons (Fsp3) is 0.150. The van der Waals surface area contributed by atoms with Gasteiger partial charge in [-0.2, -0.15) is 0 Å². The number of hydrogen-bond acceptors (Lipinski definition) is 5. The summed E-state index contributed by atoms with van der Waals surface area (Å²) in [6, 6.07) is 16.5. The molecule has 0 aliphatic rings. The Kier molecular flexibility index (Phi) is 6.00. The molecule has 2 amide bonds. The number of carbonyl (C=O) groups is 2. The van der Waals surface area contributed by atoms with Crippen LogP contribution < -0.4 is 11.2 Å². The Labute approximate surface area is 167 Å². The summed E-state index contributed by atoms with van der Waals surface area (Å²) in [5, 5.41) is 3.36. The van der Waals surface area contributed by atoms with Crippen molar-refractivity contribution >= 4 is 29.3 Å². The zero-order chi connectivity index (χ0) is 20.1. The van der Waals surface area contributed by atoms with Gasteiger partial charge in [-0.1, -0.05) is 42.1 Å². The molecule has 144 valence electrons. The monoisotopic (exact) mass is 395 g/mol. The number of benzene rings is 2. The van der Waals surface area contributed by atoms with Crippen LogP contribution in [0.1, 0.15) is 10.4 Å². The number of thioether (sulfide) groups is 1. The highest BCUT2D eigenvalue weighted by molar-refractivity contribution is 7.99. The van der Waals surface area contributed by atoms with Crippen LogP contribution in [0.15, 0.2) is 66.0 Å². The predicted octanol–water partition coefficient (Wildman–Crippen LogP) is 2.70. The average molecular weight is 395 g/mol. The van der Waals surface area contributed by atoms with E-state index < -0.39 is 0 Å². The summed E-state index contributed by atoms with van der Waals surface area (Å²) in [5.74, 6) is 5.85. The van der Waals surface area contributed by atoms with Crippen LogP contribution >= 0.6 is 11.8 Å². The molecule has 8 heteroatoms. The second-order valence-electron chi connectivity index (χ2n) is 6.30. The van der Waals surface area contributed by atoms with Crippen molar-refractivity contribution in [2.24, 2.45) is 0 Å². The van der Waals surface area contributed by atoms with E-state index in [0.717, 1.165) is 11.3 Å². The quantitative estimate of drug-likeness (QED) is 0.494. The SMILES string of the molecule is CN(C)C(=O)c1ccc(NC(=O)CSc2nc(-c3ccccc3)cn2N)cc1. The van der Waals surface area contributed by atoms with Crippen molar-refractivity contribution in [3.8, 4) is 11.3 Å². The van der Waals surface area contributed by atoms with Crippen molar-refractivity contribution < 1.29 is 9.59 Å². The van der Waals surface area contributed by atoms with Gasteiger partial charge in [-0.25, -0.2) is 9.66 Å². The third kappa shape index (κ3) is 4.72. The molecule has 7 nitrogen and oxygen atoms in total. The standard InChI is InChI=1S/C20H21N5O2S/c1-24(2)19(27)15-8-10-16(11-9-15)22-18(26)13-28-20-23-17(12-25(20)21)14-6-4-3-5-7-14/h3-12H,13,21H2,1-2H3,(H,22,26). The number of imidazole rings is 1. The van der Waals surface area contributed by atoms with E-state index in [0.29, 0.717) is 16.4 Å². The second kappa shape index (κ2) is 8.62. The molecular formula is C20H21N5O2S. The maximum atomic E-state index is 12.2. The fourth-order valence-corrected chi connectivity index (χ4v) is 3.21. The lowest BCUT2D eigenvalue weighted by Crippen LogP contribution is -2.21. The number of nitrogens with zero attached hydrogens (tertiary/aromatic N) is 3. The number of hydrogen-bond donors (Lipinski definition) is 2. The van der Waals surface area contributed by atoms with E-state index in [2.05, 4.69) is 10.3 Å². The Morgan fingerprint density at radius 3 is 2.43 bits per heavy atom. The molecular weight excluding hydrogens is 374 g/mol. The molecule has 0 radical (unpaired) electrons. The Morgan fingerprint density at radius 2 is 1.79 bits per heavy atom. The highest BCUT2D eigenvalue weighted by atomic mass is 32.2. The van der Waals surface area contributed by atoms with Crippen LogP contribution in [-0.2, 0) is 4.79 Å². The third-order valence-corrected chi connectivity index (χ3v) is 4.89. The largest absolute Gasteiger partial charge is 0.345 e. The molecule has 0 saturated carbocycles. The summed E-state index contributed by atoms with van der Waals surface area (Å²) in [7, 11) is 3.39. The normalized spacial score (nSPS) is 10.5. The first kappa shape index (κ1) is 19.5. The topological polar surface area (TPSA) is 93.2 Å². The number of amides is 2. The van der Waals surface area contributed by atoms with Crippen LogP contribution in [0.2, 0.25) is 0 Å². The summed E-state index contributed by atoms with van der Waals surface area (Å²) in [6.07, 6.45) is 1.73. The van der Waals surface area contributed by atoms with Crippen molar-refractivity contribution in [2.45, 2.75) is 5.16 Å². The first-order chi connectivity index (χ1) is 13.4. The number of anilines is 1. The number of carbonyl (C=O) groups excluding carboxylic acids is 2. The molecule has 0 unspecified atom stereocenters. The van der Waals surface area contributed by atoms with Crippen LogP contribution in [-0.4, -0.2) is 46.2 Å². The second-order valence-corrected chi connectivity index (χ2v) is 7.24. The van der Waals surface area contributed by atoms with Crippen LogP contribution in [0.3, 0.4) is 0 Å². The first-order valence-electron chi connectivity index (χ1n) is 8.58. The average Bonchev–Trinajstić information content (AvgIpc) is 3.08. The molecule has 0 fully saturated rings. The highest BCUT2D eigenvalue weighted by Crippen LogP contribution is 2.23. The zero-order valence-corrected chi connectivity index (χ0v) is 16.4. The molecule has 0 saturated heterocycles. The van der Waals surface area contributed by atoms with Crippen LogP contribution in [0, 0.1) is 0 Å². The van der Waals surface area contributed by atoms with E-state index in [1.165, 1.54) is 21.3 Å². The Balaban J connectivity index is 1.57. The van der Waals surface area contributed by atoms with Crippen molar-refractivity contribution in [2.75, 3.05) is 31.0 Å². The lowest BCUT2D eigenvalue weighted by atomic mass is 10.2. The lowest BCUT2D eigenvalue weighted by Gasteiger charge is -2.11. The molecule has 2 aromatic carbocycles. The Morgan fingerprint density at radius 1 is 1.11 bits per heavy atom. The summed E-state index contributed by atoms with van der Waals surface area (Å²) in [5.41, 5.74) is 2.91. The Bertz CT molecular complexity index is 968. The van der Waals surface area contributed by atoms with Gasteiger partial charge in [0.25, 0.3) is 5.91 Å². The van der Waals surface area contributed by atoms with Crippen molar-refractivity contribution in [3.05, 3.63) is 66.4 Å². The third-order valence-electron chi connectivity index (χ3n) is 3.92. The predicted molar refractivity (Wildman–Crippen MR) is 112 cm³/mol. The van der Waals surface area contributed by atoms with Gasteiger partial charge < -0.3 is 16.1 Å². The lowest BCUT2D eigenvalue weighted by molar-refractivity contribution is -0.113. The van der Waals surface area contributed by atoms with Crippen LogP contribution in [0.25, 0.3) is 11.3 Å². The maximum Gasteiger partial charge on any atom is 0.253 e. The maximum absolute atomic E-state index is 12.2. The van der Waals surface area contributed by atoms with E-state index in [1.54, 1.807) is 44.6 Å². The molecule has 0 aliphatic carbocycles. The molecule has 0 spiro atoms. The van der Waals surface area contributed by atoms with Gasteiger partial charge in [0.2, 0.25) is 5.91 Å². The molecule has 0 bridgehead atoms. The summed E-state index contributed by atoms with van der Waals surface area (Å²) >= 11 is 1.26. The van der Waals surface area contributed by atoms with Gasteiger partial charge in [0.15, 0.2) is 5.16 Å². The molecule has 28 heavy (non-hydrogen) atoms. The van der Waals surface area contributed by atoms with E-state index >= 15 is 0 Å². The van der Waals surface area contributed by atoms with Gasteiger partial charge in [-0.3, -0.25) is 9.59 Å². The molecule has 3 aromatic rings. The highest BCUT2D eigenvalue weighted by Gasteiger charge is 2.12. The minimum Gasteiger partial charge on any atom is -0.345 e. The number of aromatic nitrogens is 2. The van der Waals surface area contributed by atoms with Gasteiger partial charge in [0.05, 0.1) is 17.6 Å². The minimum absolute atomic E-state index is 0.0857. The number of nitrogen functional groups attached to an aromatic ring is 1. The number of nitrogens with one attached hydrogen (secondary N) is 1. The van der Waals surface area contributed by atoms with Gasteiger partial charge in [-0.05, 0) is 24.3 Å². The summed E-state index contributed by atoms with van der Waals surface area (Å²) in [6.45, 7) is 0. The van der Waals surface area contributed by atoms with E-state index in [9.17, 15) is 9.59 Å². The van der Waals surface area contributed by atoms with E-state index in [-0.39, 0.29) is 17.6 Å². The molecule has 1 aromatic heterocycles. The van der Waals surface area contributed by atoms with Gasteiger partial charge in [0, 0.05) is 30.9 Å². The van der Waals surface area contributed by atoms with Crippen molar-refractivity contribution in [1.82, 2.24) is 14.6 Å². The smallest absolute Gasteiger partial charge is 0.253 e. The molecule has 1 heterocycles. The zero-order valence-electron chi connectivity index (χ0n) is 15.6. The van der Waals surface area contributed by atoms with E-state index in [1.807, 2.05) is 30.3 Å². The van der Waals surface area contributed by atoms with Crippen molar-refractivity contribution in [1.29, 1.82) is 0 Å². The summed E-state index contributed by atoms with van der Waals surface area (Å²) in [4.78, 5) is 30.1. The molecule has 3 N–H and O–H groups in total. The van der Waals surface area contributed by atoms with Gasteiger partial charge >= 0.3 is 0 Å². The Hall–Kier alpha value is -3.26. The number of nitrogens with two attached hydrogens (primary N) is 1. The molecule has 3 rings (SSSR count). The summed E-state index contributed by atoms with van der Waals surface area (Å²) < 4.78 is 1.42. The fourth-order valence-electron chi connectivity index (χ4n) is 2.51. The molecule has 0 aliphatic heterocycles.